The molecule has 1 aliphatic rings. The lowest BCUT2D eigenvalue weighted by Crippen LogP contribution is -2.13. The van der Waals surface area contributed by atoms with Crippen LogP contribution in [-0.4, -0.2) is 20.5 Å². The number of nitro benzene ring substituents is 1. The Bertz CT molecular complexity index is 783. The van der Waals surface area contributed by atoms with Crippen molar-refractivity contribution in [3.8, 4) is 11.3 Å². The second kappa shape index (κ2) is 5.53. The van der Waals surface area contributed by atoms with Gasteiger partial charge in [-0.1, -0.05) is 11.6 Å². The van der Waals surface area contributed by atoms with Crippen molar-refractivity contribution in [1.82, 2.24) is 9.78 Å². The first-order valence-electron chi connectivity index (χ1n) is 7.10. The SMILES string of the molecule is CCn1nc(-c2ccc(Cl)cc2[N+](=O)[O-])c2c1CCCC2=O. The van der Waals surface area contributed by atoms with Crippen molar-refractivity contribution in [3.05, 3.63) is 44.6 Å². The Labute approximate surface area is 131 Å². The van der Waals surface area contributed by atoms with Crippen molar-refractivity contribution in [3.63, 3.8) is 0 Å². The van der Waals surface area contributed by atoms with Gasteiger partial charge >= 0.3 is 0 Å². The summed E-state index contributed by atoms with van der Waals surface area (Å²) in [6, 6.07) is 4.43. The van der Waals surface area contributed by atoms with E-state index in [0.29, 0.717) is 29.8 Å². The maximum atomic E-state index is 12.3. The van der Waals surface area contributed by atoms with Gasteiger partial charge in [-0.25, -0.2) is 0 Å². The number of aryl methyl sites for hydroxylation is 1. The molecule has 1 heterocycles. The first-order valence-corrected chi connectivity index (χ1v) is 7.48. The molecule has 22 heavy (non-hydrogen) atoms. The Morgan fingerprint density at radius 2 is 2.18 bits per heavy atom. The molecule has 1 aromatic carbocycles. The molecular weight excluding hydrogens is 306 g/mol. The summed E-state index contributed by atoms with van der Waals surface area (Å²) in [5, 5.41) is 16.0. The van der Waals surface area contributed by atoms with Crippen molar-refractivity contribution in [1.29, 1.82) is 0 Å². The minimum atomic E-state index is -0.494. The van der Waals surface area contributed by atoms with Crippen LogP contribution >= 0.6 is 11.6 Å². The van der Waals surface area contributed by atoms with Crippen molar-refractivity contribution in [2.45, 2.75) is 32.7 Å². The zero-order chi connectivity index (χ0) is 15.9. The Hall–Kier alpha value is -2.21. The minimum absolute atomic E-state index is 0.000183. The zero-order valence-electron chi connectivity index (χ0n) is 12.0. The number of carbonyl (C=O) groups excluding carboxylic acids is 1. The highest BCUT2D eigenvalue weighted by atomic mass is 35.5. The second-order valence-electron chi connectivity index (χ2n) is 5.18. The molecule has 1 aliphatic carbocycles. The minimum Gasteiger partial charge on any atom is -0.294 e. The number of aromatic nitrogens is 2. The Balaban J connectivity index is 2.28. The number of Topliss-reactive ketones (excluding diaryl/α,β-unsaturated/α-hetero) is 1. The van der Waals surface area contributed by atoms with Crippen LogP contribution in [0, 0.1) is 10.1 Å². The van der Waals surface area contributed by atoms with Crippen LogP contribution in [0.4, 0.5) is 5.69 Å². The fraction of sp³-hybridized carbons (Fsp3) is 0.333. The van der Waals surface area contributed by atoms with E-state index in [1.807, 2.05) is 6.92 Å². The molecule has 0 radical (unpaired) electrons. The van der Waals surface area contributed by atoms with Gasteiger partial charge in [0.1, 0.15) is 5.69 Å². The number of hydrogen-bond donors (Lipinski definition) is 0. The smallest absolute Gasteiger partial charge is 0.280 e. The third-order valence-electron chi connectivity index (χ3n) is 3.87. The lowest BCUT2D eigenvalue weighted by Gasteiger charge is -2.12. The fourth-order valence-corrected chi connectivity index (χ4v) is 3.06. The molecule has 0 unspecified atom stereocenters. The van der Waals surface area contributed by atoms with Gasteiger partial charge in [-0.2, -0.15) is 5.10 Å². The standard InChI is InChI=1S/C15H14ClN3O3/c1-2-18-11-4-3-5-13(20)14(11)15(17-18)10-7-6-9(16)8-12(10)19(21)22/h6-8H,2-5H2,1H3. The first kappa shape index (κ1) is 14.7. The van der Waals surface area contributed by atoms with Crippen LogP contribution in [0.15, 0.2) is 18.2 Å². The summed E-state index contributed by atoms with van der Waals surface area (Å²) < 4.78 is 1.76. The number of nitrogens with zero attached hydrogens (tertiary/aromatic N) is 3. The molecule has 114 valence electrons. The molecule has 0 saturated carbocycles. The van der Waals surface area contributed by atoms with Gasteiger partial charge in [-0.3, -0.25) is 19.6 Å². The monoisotopic (exact) mass is 319 g/mol. The maximum absolute atomic E-state index is 12.3. The highest BCUT2D eigenvalue weighted by Gasteiger charge is 2.30. The van der Waals surface area contributed by atoms with Crippen LogP contribution in [0.3, 0.4) is 0 Å². The number of fused-ring (bicyclic) bond motifs is 1. The number of nitro groups is 1. The van der Waals surface area contributed by atoms with Crippen LogP contribution < -0.4 is 0 Å². The van der Waals surface area contributed by atoms with Crippen LogP contribution in [0.1, 0.15) is 35.8 Å². The highest BCUT2D eigenvalue weighted by molar-refractivity contribution is 6.31. The molecule has 0 saturated heterocycles. The Morgan fingerprint density at radius 3 is 2.86 bits per heavy atom. The summed E-state index contributed by atoms with van der Waals surface area (Å²) >= 11 is 5.86. The van der Waals surface area contributed by atoms with E-state index in [1.54, 1.807) is 16.8 Å². The van der Waals surface area contributed by atoms with Crippen molar-refractivity contribution < 1.29 is 9.72 Å². The van der Waals surface area contributed by atoms with Crippen molar-refractivity contribution in [2.24, 2.45) is 0 Å². The molecule has 0 N–H and O–H groups in total. The predicted molar refractivity (Wildman–Crippen MR) is 82.3 cm³/mol. The molecular formula is C15H14ClN3O3. The van der Waals surface area contributed by atoms with E-state index in [9.17, 15) is 14.9 Å². The predicted octanol–water partition coefficient (Wildman–Crippen LogP) is 3.65. The summed E-state index contributed by atoms with van der Waals surface area (Å²) in [7, 11) is 0. The summed E-state index contributed by atoms with van der Waals surface area (Å²) in [5.74, 6) is 0.000183. The van der Waals surface area contributed by atoms with Gasteiger partial charge in [-0.05, 0) is 31.9 Å². The quantitative estimate of drug-likeness (QED) is 0.639. The molecule has 3 rings (SSSR count). The highest BCUT2D eigenvalue weighted by Crippen LogP contribution is 2.37. The molecule has 0 spiro atoms. The summed E-state index contributed by atoms with van der Waals surface area (Å²) in [6.45, 7) is 2.56. The van der Waals surface area contributed by atoms with Crippen molar-refractivity contribution >= 4 is 23.1 Å². The van der Waals surface area contributed by atoms with E-state index < -0.39 is 4.92 Å². The molecule has 0 bridgehead atoms. The fourth-order valence-electron chi connectivity index (χ4n) is 2.89. The van der Waals surface area contributed by atoms with Gasteiger partial charge in [0.15, 0.2) is 5.78 Å². The van der Waals surface area contributed by atoms with Gasteiger partial charge in [0.2, 0.25) is 0 Å². The molecule has 0 amide bonds. The van der Waals surface area contributed by atoms with Crippen LogP contribution in [0.5, 0.6) is 0 Å². The number of halogens is 1. The summed E-state index contributed by atoms with van der Waals surface area (Å²) in [4.78, 5) is 23.1. The van der Waals surface area contributed by atoms with Crippen molar-refractivity contribution in [2.75, 3.05) is 0 Å². The van der Waals surface area contributed by atoms with Gasteiger partial charge < -0.3 is 0 Å². The molecule has 1 aromatic heterocycles. The zero-order valence-corrected chi connectivity index (χ0v) is 12.8. The van der Waals surface area contributed by atoms with E-state index in [-0.39, 0.29) is 16.5 Å². The summed E-state index contributed by atoms with van der Waals surface area (Å²) in [6.07, 6.45) is 2.01. The number of carbonyl (C=O) groups is 1. The van der Waals surface area contributed by atoms with Gasteiger partial charge in [0, 0.05) is 29.7 Å². The van der Waals surface area contributed by atoms with E-state index in [1.165, 1.54) is 6.07 Å². The largest absolute Gasteiger partial charge is 0.294 e. The molecule has 2 aromatic rings. The topological polar surface area (TPSA) is 78.0 Å². The average Bonchev–Trinajstić information content (AvgIpc) is 2.87. The Kier molecular flexibility index (Phi) is 3.70. The number of benzene rings is 1. The normalized spacial score (nSPS) is 14.0. The van der Waals surface area contributed by atoms with Gasteiger partial charge in [-0.15, -0.1) is 0 Å². The van der Waals surface area contributed by atoms with Gasteiger partial charge in [0.05, 0.1) is 16.1 Å². The Morgan fingerprint density at radius 1 is 1.41 bits per heavy atom. The summed E-state index contributed by atoms with van der Waals surface area (Å²) in [5.41, 5.74) is 2.00. The maximum Gasteiger partial charge on any atom is 0.280 e. The molecule has 6 nitrogen and oxygen atoms in total. The lowest BCUT2D eigenvalue weighted by atomic mass is 9.92. The second-order valence-corrected chi connectivity index (χ2v) is 5.62. The van der Waals surface area contributed by atoms with Crippen LogP contribution in [-0.2, 0) is 13.0 Å². The third kappa shape index (κ3) is 2.29. The lowest BCUT2D eigenvalue weighted by molar-refractivity contribution is -0.384. The first-order chi connectivity index (χ1) is 10.5. The van der Waals surface area contributed by atoms with E-state index >= 15 is 0 Å². The third-order valence-corrected chi connectivity index (χ3v) is 4.10. The average molecular weight is 320 g/mol. The number of ketones is 1. The molecule has 0 atom stereocenters. The van der Waals surface area contributed by atoms with E-state index in [2.05, 4.69) is 5.10 Å². The number of hydrogen-bond acceptors (Lipinski definition) is 4. The van der Waals surface area contributed by atoms with Crippen LogP contribution in [0.25, 0.3) is 11.3 Å². The van der Waals surface area contributed by atoms with E-state index in [0.717, 1.165) is 18.5 Å². The van der Waals surface area contributed by atoms with Crippen LogP contribution in [0.2, 0.25) is 5.02 Å². The molecule has 7 heteroatoms. The van der Waals surface area contributed by atoms with Gasteiger partial charge in [0.25, 0.3) is 5.69 Å². The number of rotatable bonds is 3. The molecule has 0 aliphatic heterocycles. The van der Waals surface area contributed by atoms with E-state index in [4.69, 9.17) is 11.6 Å². The molecule has 0 fully saturated rings.